The summed E-state index contributed by atoms with van der Waals surface area (Å²) in [6, 6.07) is 7.66. The molecular weight excluding hydrogens is 377 g/mol. The molecule has 0 bridgehead atoms. The summed E-state index contributed by atoms with van der Waals surface area (Å²) in [5.41, 5.74) is 2.90. The van der Waals surface area contributed by atoms with Crippen molar-refractivity contribution in [3.05, 3.63) is 46.5 Å². The molecule has 4 rings (SSSR count). The normalized spacial score (nSPS) is 22.0. The number of aryl methyl sites for hydroxylation is 2. The van der Waals surface area contributed by atoms with E-state index in [2.05, 4.69) is 19.8 Å². The van der Waals surface area contributed by atoms with E-state index in [1.807, 2.05) is 26.1 Å². The third-order valence-corrected chi connectivity index (χ3v) is 6.63. The van der Waals surface area contributed by atoms with Crippen LogP contribution in [0.4, 0.5) is 10.1 Å². The Balaban J connectivity index is 1.35. The molecule has 0 amide bonds. The average Bonchev–Trinajstić information content (AvgIpc) is 2.95. The molecule has 2 saturated heterocycles. The van der Waals surface area contributed by atoms with Gasteiger partial charge in [-0.1, -0.05) is 23.7 Å². The first kappa shape index (κ1) is 19.7. The van der Waals surface area contributed by atoms with Crippen molar-refractivity contribution >= 4 is 17.3 Å². The van der Waals surface area contributed by atoms with Gasteiger partial charge in [0.1, 0.15) is 11.0 Å². The summed E-state index contributed by atoms with van der Waals surface area (Å²) in [4.78, 5) is 7.26. The van der Waals surface area contributed by atoms with E-state index < -0.39 is 0 Å². The molecule has 2 aliphatic heterocycles. The van der Waals surface area contributed by atoms with Gasteiger partial charge in [0.2, 0.25) is 0 Å². The van der Waals surface area contributed by atoms with Gasteiger partial charge in [0.25, 0.3) is 0 Å². The molecule has 0 N–H and O–H groups in total. The van der Waals surface area contributed by atoms with Crippen molar-refractivity contribution in [2.45, 2.75) is 32.4 Å². The zero-order valence-electron chi connectivity index (χ0n) is 16.7. The van der Waals surface area contributed by atoms with Crippen molar-refractivity contribution in [1.82, 2.24) is 19.6 Å². The van der Waals surface area contributed by atoms with Crippen LogP contribution in [-0.4, -0.2) is 64.9 Å². The summed E-state index contributed by atoms with van der Waals surface area (Å²) >= 11 is 6.43. The summed E-state index contributed by atoms with van der Waals surface area (Å²) in [5.74, 6) is -0.122. The van der Waals surface area contributed by atoms with Crippen LogP contribution in [0.15, 0.2) is 24.3 Å². The number of para-hydroxylation sites is 1. The predicted octanol–water partition coefficient (Wildman–Crippen LogP) is 3.31. The number of anilines is 1. The van der Waals surface area contributed by atoms with Gasteiger partial charge >= 0.3 is 0 Å². The number of aromatic nitrogens is 2. The maximum Gasteiger partial charge on any atom is 0.146 e. The summed E-state index contributed by atoms with van der Waals surface area (Å²) in [7, 11) is 1.90. The first-order valence-corrected chi connectivity index (χ1v) is 10.5. The molecule has 5 nitrogen and oxygen atoms in total. The first-order chi connectivity index (χ1) is 13.5. The van der Waals surface area contributed by atoms with Crippen molar-refractivity contribution in [3.8, 4) is 0 Å². The number of piperidine rings is 1. The SMILES string of the molecule is Cc1nn(C)c(Cl)c1CN1CCC[C@@H](N2CCN(c3ccccc3F)CC2)C1. The summed E-state index contributed by atoms with van der Waals surface area (Å²) < 4.78 is 15.8. The van der Waals surface area contributed by atoms with Crippen LogP contribution in [-0.2, 0) is 13.6 Å². The Morgan fingerprint density at radius 1 is 1.14 bits per heavy atom. The number of halogens is 2. The smallest absolute Gasteiger partial charge is 0.146 e. The van der Waals surface area contributed by atoms with Crippen LogP contribution >= 0.6 is 11.6 Å². The van der Waals surface area contributed by atoms with E-state index in [4.69, 9.17) is 11.6 Å². The molecule has 2 aliphatic rings. The highest BCUT2D eigenvalue weighted by Gasteiger charge is 2.29. The molecule has 28 heavy (non-hydrogen) atoms. The lowest BCUT2D eigenvalue weighted by molar-refractivity contribution is 0.0886. The molecule has 0 spiro atoms. The highest BCUT2D eigenvalue weighted by Crippen LogP contribution is 2.25. The lowest BCUT2D eigenvalue weighted by Gasteiger charge is -2.44. The second-order valence-corrected chi connectivity index (χ2v) is 8.34. The molecule has 1 aromatic heterocycles. The third-order valence-electron chi connectivity index (χ3n) is 6.16. The van der Waals surface area contributed by atoms with Gasteiger partial charge in [0, 0.05) is 57.9 Å². The third kappa shape index (κ3) is 4.04. The molecule has 0 aliphatic carbocycles. The monoisotopic (exact) mass is 405 g/mol. The Labute approximate surface area is 171 Å². The minimum Gasteiger partial charge on any atom is -0.367 e. The Morgan fingerprint density at radius 2 is 1.89 bits per heavy atom. The summed E-state index contributed by atoms with van der Waals surface area (Å²) in [6.45, 7) is 8.80. The van der Waals surface area contributed by atoms with Gasteiger partial charge in [-0.3, -0.25) is 14.5 Å². The van der Waals surface area contributed by atoms with Crippen molar-refractivity contribution in [3.63, 3.8) is 0 Å². The van der Waals surface area contributed by atoms with Gasteiger partial charge in [-0.2, -0.15) is 5.10 Å². The molecule has 0 unspecified atom stereocenters. The van der Waals surface area contributed by atoms with Crippen molar-refractivity contribution < 1.29 is 4.39 Å². The Morgan fingerprint density at radius 3 is 2.57 bits per heavy atom. The maximum absolute atomic E-state index is 14.1. The molecule has 152 valence electrons. The van der Waals surface area contributed by atoms with Crippen LogP contribution in [0.25, 0.3) is 0 Å². The Bertz CT molecular complexity index is 815. The molecule has 2 fully saturated rings. The van der Waals surface area contributed by atoms with Gasteiger partial charge < -0.3 is 4.90 Å². The van der Waals surface area contributed by atoms with Crippen molar-refractivity contribution in [2.75, 3.05) is 44.2 Å². The molecule has 1 aromatic carbocycles. The average molecular weight is 406 g/mol. The minimum absolute atomic E-state index is 0.122. The number of likely N-dealkylation sites (tertiary alicyclic amines) is 1. The maximum atomic E-state index is 14.1. The quantitative estimate of drug-likeness (QED) is 0.780. The fourth-order valence-electron chi connectivity index (χ4n) is 4.59. The Kier molecular flexibility index (Phi) is 5.90. The van der Waals surface area contributed by atoms with Crippen molar-refractivity contribution in [2.24, 2.45) is 7.05 Å². The fraction of sp³-hybridized carbons (Fsp3) is 0.571. The standard InChI is InChI=1S/C21H29ClFN5/c1-16-18(21(22)25(2)24-16)15-26-9-5-6-17(14-26)27-10-12-28(13-11-27)20-8-4-3-7-19(20)23/h3-4,7-8,17H,5-6,9-15H2,1-2H3/t17-/m1/s1. The van der Waals surface area contributed by atoms with E-state index in [-0.39, 0.29) is 5.82 Å². The fourth-order valence-corrected chi connectivity index (χ4v) is 4.82. The topological polar surface area (TPSA) is 27.5 Å². The van der Waals surface area contributed by atoms with Crippen LogP contribution in [0, 0.1) is 12.7 Å². The van der Waals surface area contributed by atoms with Crippen LogP contribution in [0.5, 0.6) is 0 Å². The number of hydrogen-bond acceptors (Lipinski definition) is 4. The largest absolute Gasteiger partial charge is 0.367 e. The number of piperazine rings is 1. The molecular formula is C21H29ClFN5. The zero-order valence-corrected chi connectivity index (χ0v) is 17.5. The lowest BCUT2D eigenvalue weighted by atomic mass is 10.0. The highest BCUT2D eigenvalue weighted by atomic mass is 35.5. The van der Waals surface area contributed by atoms with Gasteiger partial charge in [-0.25, -0.2) is 4.39 Å². The zero-order chi connectivity index (χ0) is 19.7. The molecule has 3 heterocycles. The predicted molar refractivity (Wildman–Crippen MR) is 111 cm³/mol. The lowest BCUT2D eigenvalue weighted by Crippen LogP contribution is -2.55. The van der Waals surface area contributed by atoms with Crippen LogP contribution in [0.3, 0.4) is 0 Å². The number of rotatable bonds is 4. The minimum atomic E-state index is -0.122. The van der Waals surface area contributed by atoms with Crippen molar-refractivity contribution in [1.29, 1.82) is 0 Å². The van der Waals surface area contributed by atoms with Gasteiger partial charge in [-0.05, 0) is 38.4 Å². The molecule has 0 saturated carbocycles. The van der Waals surface area contributed by atoms with Gasteiger partial charge in [-0.15, -0.1) is 0 Å². The van der Waals surface area contributed by atoms with E-state index in [9.17, 15) is 4.39 Å². The van der Waals surface area contributed by atoms with Crippen LogP contribution < -0.4 is 4.90 Å². The first-order valence-electron chi connectivity index (χ1n) is 10.2. The van der Waals surface area contributed by atoms with E-state index in [1.165, 1.54) is 12.8 Å². The molecule has 7 heteroatoms. The summed E-state index contributed by atoms with van der Waals surface area (Å²) in [5, 5.41) is 5.19. The highest BCUT2D eigenvalue weighted by molar-refractivity contribution is 6.30. The number of nitrogens with zero attached hydrogens (tertiary/aromatic N) is 5. The van der Waals surface area contributed by atoms with Crippen LogP contribution in [0.1, 0.15) is 24.1 Å². The Hall–Kier alpha value is -1.63. The number of benzene rings is 1. The molecule has 1 atom stereocenters. The summed E-state index contributed by atoms with van der Waals surface area (Å²) in [6.07, 6.45) is 2.44. The second kappa shape index (κ2) is 8.39. The van der Waals surface area contributed by atoms with E-state index in [1.54, 1.807) is 16.8 Å². The molecule has 0 radical (unpaired) electrons. The van der Waals surface area contributed by atoms with E-state index >= 15 is 0 Å². The second-order valence-electron chi connectivity index (χ2n) is 7.98. The van der Waals surface area contributed by atoms with Gasteiger partial charge in [0.05, 0.1) is 11.4 Å². The number of hydrogen-bond donors (Lipinski definition) is 0. The van der Waals surface area contributed by atoms with E-state index in [0.29, 0.717) is 6.04 Å². The van der Waals surface area contributed by atoms with Crippen LogP contribution in [0.2, 0.25) is 5.15 Å². The van der Waals surface area contributed by atoms with Gasteiger partial charge in [0.15, 0.2) is 0 Å². The van der Waals surface area contributed by atoms with E-state index in [0.717, 1.165) is 67.9 Å². The molecule has 2 aromatic rings.